The number of methoxy groups -OCH3 is 3. The Morgan fingerprint density at radius 3 is 2.23 bits per heavy atom. The quantitative estimate of drug-likeness (QED) is 0.552. The molecular weight excluding hydrogens is 388 g/mol. The van der Waals surface area contributed by atoms with Gasteiger partial charge in [0.25, 0.3) is 0 Å². The number of carbonyl (C=O) groups is 1. The highest BCUT2D eigenvalue weighted by molar-refractivity contribution is 6.07. The maximum absolute atomic E-state index is 12.5. The van der Waals surface area contributed by atoms with Crippen LogP contribution in [0, 0.1) is 0 Å². The van der Waals surface area contributed by atoms with E-state index >= 15 is 0 Å². The topological polar surface area (TPSA) is 83.5 Å². The van der Waals surface area contributed by atoms with E-state index in [9.17, 15) is 9.90 Å². The maximum Gasteiger partial charge on any atom is 0.342 e. The van der Waals surface area contributed by atoms with Crippen molar-refractivity contribution in [1.82, 2.24) is 0 Å². The summed E-state index contributed by atoms with van der Waals surface area (Å²) in [4.78, 5) is 12.5. The van der Waals surface area contributed by atoms with Crippen LogP contribution in [0.2, 0.25) is 0 Å². The van der Waals surface area contributed by atoms with Gasteiger partial charge in [-0.05, 0) is 18.6 Å². The molecule has 0 saturated carbocycles. The van der Waals surface area contributed by atoms with Crippen molar-refractivity contribution >= 4 is 16.7 Å². The van der Waals surface area contributed by atoms with Gasteiger partial charge in [-0.15, -0.1) is 0 Å². The van der Waals surface area contributed by atoms with E-state index in [-0.39, 0.29) is 30.3 Å². The van der Waals surface area contributed by atoms with Crippen molar-refractivity contribution in [2.24, 2.45) is 0 Å². The van der Waals surface area contributed by atoms with Gasteiger partial charge in [-0.1, -0.05) is 30.3 Å². The van der Waals surface area contributed by atoms with Crippen LogP contribution in [-0.4, -0.2) is 39.0 Å². The molecule has 0 heterocycles. The van der Waals surface area contributed by atoms with Crippen LogP contribution in [0.15, 0.2) is 42.5 Å². The van der Waals surface area contributed by atoms with Crippen LogP contribution in [-0.2, 0) is 11.3 Å². The first kappa shape index (κ1) is 21.1. The van der Waals surface area contributed by atoms with E-state index in [1.54, 1.807) is 13.0 Å². The van der Waals surface area contributed by atoms with Gasteiger partial charge in [0.2, 0.25) is 0 Å². The highest BCUT2D eigenvalue weighted by atomic mass is 16.5. The highest BCUT2D eigenvalue weighted by Crippen LogP contribution is 2.50. The lowest BCUT2D eigenvalue weighted by molar-refractivity contribution is 0.0522. The van der Waals surface area contributed by atoms with Crippen molar-refractivity contribution < 1.29 is 33.6 Å². The SMILES string of the molecule is CCOC(=O)c1cc2c(OC)cc(OC)c(OC)c2c(OCc2ccccc2)c1O. The Hall–Kier alpha value is -3.61. The van der Waals surface area contributed by atoms with Crippen LogP contribution in [0.3, 0.4) is 0 Å². The number of benzene rings is 3. The van der Waals surface area contributed by atoms with E-state index in [1.165, 1.54) is 27.4 Å². The van der Waals surface area contributed by atoms with Gasteiger partial charge in [-0.2, -0.15) is 0 Å². The number of rotatable bonds is 8. The second kappa shape index (κ2) is 9.26. The minimum atomic E-state index is -0.668. The number of hydrogen-bond donors (Lipinski definition) is 1. The third kappa shape index (κ3) is 3.91. The smallest absolute Gasteiger partial charge is 0.342 e. The van der Waals surface area contributed by atoms with Crippen LogP contribution in [0.4, 0.5) is 0 Å². The molecule has 0 atom stereocenters. The first-order chi connectivity index (χ1) is 14.5. The van der Waals surface area contributed by atoms with Crippen molar-refractivity contribution in [3.05, 3.63) is 53.6 Å². The molecule has 0 amide bonds. The normalized spacial score (nSPS) is 10.5. The maximum atomic E-state index is 12.5. The van der Waals surface area contributed by atoms with Crippen LogP contribution in [0.1, 0.15) is 22.8 Å². The zero-order valence-electron chi connectivity index (χ0n) is 17.4. The number of hydrogen-bond acceptors (Lipinski definition) is 7. The first-order valence-electron chi connectivity index (χ1n) is 9.38. The fourth-order valence-corrected chi connectivity index (χ4v) is 3.21. The average Bonchev–Trinajstić information content (AvgIpc) is 2.77. The predicted octanol–water partition coefficient (Wildman–Crippen LogP) is 4.33. The molecule has 0 aliphatic rings. The van der Waals surface area contributed by atoms with Gasteiger partial charge in [0.15, 0.2) is 23.0 Å². The summed E-state index contributed by atoms with van der Waals surface area (Å²) in [7, 11) is 4.49. The molecule has 0 aromatic heterocycles. The molecule has 3 aromatic rings. The molecule has 0 fully saturated rings. The van der Waals surface area contributed by atoms with Crippen LogP contribution < -0.4 is 18.9 Å². The molecule has 0 radical (unpaired) electrons. The molecule has 0 spiro atoms. The fourth-order valence-electron chi connectivity index (χ4n) is 3.21. The average molecular weight is 412 g/mol. The number of esters is 1. The van der Waals surface area contributed by atoms with Crippen molar-refractivity contribution in [2.75, 3.05) is 27.9 Å². The molecule has 158 valence electrons. The second-order valence-electron chi connectivity index (χ2n) is 6.33. The van der Waals surface area contributed by atoms with Gasteiger partial charge < -0.3 is 28.8 Å². The summed E-state index contributed by atoms with van der Waals surface area (Å²) in [5.41, 5.74) is 0.860. The Balaban J connectivity index is 2.29. The van der Waals surface area contributed by atoms with Crippen molar-refractivity contribution in [1.29, 1.82) is 0 Å². The lowest BCUT2D eigenvalue weighted by atomic mass is 10.0. The number of phenolic OH excluding ortho intramolecular Hbond substituents is 1. The number of phenols is 1. The molecule has 7 heteroatoms. The Bertz CT molecular complexity index is 1040. The van der Waals surface area contributed by atoms with E-state index in [0.29, 0.717) is 28.0 Å². The monoisotopic (exact) mass is 412 g/mol. The van der Waals surface area contributed by atoms with Gasteiger partial charge in [0.05, 0.1) is 33.3 Å². The molecule has 30 heavy (non-hydrogen) atoms. The summed E-state index contributed by atoms with van der Waals surface area (Å²) in [5, 5.41) is 11.9. The number of carbonyl (C=O) groups excluding carboxylic acids is 1. The minimum Gasteiger partial charge on any atom is -0.504 e. The number of ether oxygens (including phenoxy) is 5. The highest BCUT2D eigenvalue weighted by Gasteiger charge is 2.26. The summed E-state index contributed by atoms with van der Waals surface area (Å²) in [6.45, 7) is 2.02. The van der Waals surface area contributed by atoms with E-state index in [0.717, 1.165) is 5.56 Å². The lowest BCUT2D eigenvalue weighted by Crippen LogP contribution is -2.07. The van der Waals surface area contributed by atoms with E-state index in [2.05, 4.69) is 0 Å². The number of fused-ring (bicyclic) bond motifs is 1. The molecule has 7 nitrogen and oxygen atoms in total. The molecule has 0 bridgehead atoms. The summed E-state index contributed by atoms with van der Waals surface area (Å²) in [6.07, 6.45) is 0. The molecule has 0 saturated heterocycles. The minimum absolute atomic E-state index is 0.0297. The Kier molecular flexibility index (Phi) is 6.51. The van der Waals surface area contributed by atoms with Gasteiger partial charge >= 0.3 is 5.97 Å². The van der Waals surface area contributed by atoms with E-state index in [4.69, 9.17) is 23.7 Å². The molecule has 3 rings (SSSR count). The van der Waals surface area contributed by atoms with E-state index < -0.39 is 5.97 Å². The third-order valence-electron chi connectivity index (χ3n) is 4.60. The fraction of sp³-hybridized carbons (Fsp3) is 0.261. The molecule has 0 aliphatic carbocycles. The van der Waals surface area contributed by atoms with Crippen molar-refractivity contribution in [3.8, 4) is 28.7 Å². The zero-order chi connectivity index (χ0) is 21.7. The lowest BCUT2D eigenvalue weighted by Gasteiger charge is -2.19. The molecule has 3 aromatic carbocycles. The summed E-state index contributed by atoms with van der Waals surface area (Å²) in [6, 6.07) is 12.6. The summed E-state index contributed by atoms with van der Waals surface area (Å²) < 4.78 is 27.6. The zero-order valence-corrected chi connectivity index (χ0v) is 17.4. The van der Waals surface area contributed by atoms with Crippen LogP contribution in [0.25, 0.3) is 10.8 Å². The molecule has 0 unspecified atom stereocenters. The van der Waals surface area contributed by atoms with Crippen molar-refractivity contribution in [3.63, 3.8) is 0 Å². The first-order valence-corrected chi connectivity index (χ1v) is 9.38. The largest absolute Gasteiger partial charge is 0.504 e. The van der Waals surface area contributed by atoms with E-state index in [1.807, 2.05) is 30.3 Å². The molecule has 1 N–H and O–H groups in total. The standard InChI is InChI=1S/C23H24O7/c1-5-29-23(25)16-11-15-17(26-2)12-18(27-3)21(28-4)19(15)22(20(16)24)30-13-14-9-7-6-8-10-14/h6-12,24H,5,13H2,1-4H3. The Morgan fingerprint density at radius 1 is 0.933 bits per heavy atom. The van der Waals surface area contributed by atoms with Crippen molar-refractivity contribution in [2.45, 2.75) is 13.5 Å². The predicted molar refractivity (Wildman–Crippen MR) is 112 cm³/mol. The van der Waals surface area contributed by atoms with Crippen LogP contribution >= 0.6 is 0 Å². The third-order valence-corrected chi connectivity index (χ3v) is 4.60. The second-order valence-corrected chi connectivity index (χ2v) is 6.33. The Morgan fingerprint density at radius 2 is 1.63 bits per heavy atom. The Labute approximate surface area is 174 Å². The van der Waals surface area contributed by atoms with Crippen LogP contribution in [0.5, 0.6) is 28.7 Å². The summed E-state index contributed by atoms with van der Waals surface area (Å²) in [5.74, 6) is 0.242. The van der Waals surface area contributed by atoms with Gasteiger partial charge in [0.1, 0.15) is 17.9 Å². The number of aromatic hydroxyl groups is 1. The summed E-state index contributed by atoms with van der Waals surface area (Å²) >= 11 is 0. The molecular formula is C23H24O7. The van der Waals surface area contributed by atoms with Gasteiger partial charge in [0, 0.05) is 11.5 Å². The molecule has 0 aliphatic heterocycles. The van der Waals surface area contributed by atoms with Gasteiger partial charge in [-0.3, -0.25) is 0 Å². The van der Waals surface area contributed by atoms with Gasteiger partial charge in [-0.25, -0.2) is 4.79 Å².